The highest BCUT2D eigenvalue weighted by molar-refractivity contribution is 5.73. The third-order valence-corrected chi connectivity index (χ3v) is 11.1. The third-order valence-electron chi connectivity index (χ3n) is 11.1. The van der Waals surface area contributed by atoms with E-state index in [1.165, 1.54) is 5.56 Å². The molecule has 0 bridgehead atoms. The second-order valence-electron chi connectivity index (χ2n) is 25.7. The Bertz CT molecular complexity index is 2230. The van der Waals surface area contributed by atoms with Crippen LogP contribution in [0.2, 0.25) is 0 Å². The van der Waals surface area contributed by atoms with Crippen molar-refractivity contribution in [3.05, 3.63) is 77.4 Å². The fraction of sp³-hybridized carbons (Fsp3) is 0.672. The topological polar surface area (TPSA) is 259 Å². The maximum absolute atomic E-state index is 11.4. The van der Waals surface area contributed by atoms with Crippen LogP contribution in [0.25, 0.3) is 0 Å². The monoisotopic (exact) mass is 1070 g/mol. The summed E-state index contributed by atoms with van der Waals surface area (Å²) in [5.41, 5.74) is 4.48. The van der Waals surface area contributed by atoms with Crippen LogP contribution in [0, 0.1) is 5.92 Å². The molecule has 10 atom stereocenters. The van der Waals surface area contributed by atoms with Crippen molar-refractivity contribution >= 4 is 23.0 Å². The van der Waals surface area contributed by atoms with Crippen LogP contribution in [0.4, 0.5) is 17.1 Å². The predicted octanol–water partition coefficient (Wildman–Crippen LogP) is 8.36. The Kier molecular flexibility index (Phi) is 23.5. The maximum Gasteiger partial charge on any atom is 0.335 e. The van der Waals surface area contributed by atoms with Gasteiger partial charge in [0.1, 0.15) is 42.0 Å². The van der Waals surface area contributed by atoms with Crippen molar-refractivity contribution in [1.82, 2.24) is 0 Å². The Morgan fingerprint density at radius 1 is 0.500 bits per heavy atom. The van der Waals surface area contributed by atoms with Gasteiger partial charge in [-0.2, -0.15) is 0 Å². The van der Waals surface area contributed by atoms with Crippen molar-refractivity contribution in [1.29, 1.82) is 0 Å². The smallest absolute Gasteiger partial charge is 0.335 e. The highest BCUT2D eigenvalue weighted by Gasteiger charge is 2.47. The molecule has 0 amide bonds. The van der Waals surface area contributed by atoms with Crippen LogP contribution in [-0.2, 0) is 48.3 Å². The van der Waals surface area contributed by atoms with Crippen LogP contribution in [0.5, 0.6) is 11.5 Å². The normalized spacial score (nSPS) is 24.5. The first kappa shape index (κ1) is 66.0. The minimum absolute atomic E-state index is 0.0810. The van der Waals surface area contributed by atoms with Crippen molar-refractivity contribution in [3.8, 4) is 11.5 Å². The second-order valence-corrected chi connectivity index (χ2v) is 25.7. The van der Waals surface area contributed by atoms with Crippen molar-refractivity contribution in [2.24, 2.45) is 5.92 Å². The quantitative estimate of drug-likeness (QED) is 0.0686. The lowest BCUT2D eigenvalue weighted by molar-refractivity contribution is -0.277. The van der Waals surface area contributed by atoms with Gasteiger partial charge in [-0.05, 0) is 178 Å². The molecule has 2 aliphatic heterocycles. The summed E-state index contributed by atoms with van der Waals surface area (Å²) in [4.78, 5) is 11.4. The second kappa shape index (κ2) is 27.0. The highest BCUT2D eigenvalue weighted by atomic mass is 16.7. The molecular formula is C58H95N3O15. The average Bonchev–Trinajstić information content (AvgIpc) is 3.27. The molecule has 3 aromatic rings. The van der Waals surface area contributed by atoms with Gasteiger partial charge in [0.25, 0.3) is 0 Å². The molecule has 0 aliphatic carbocycles. The van der Waals surface area contributed by atoms with E-state index in [1.54, 1.807) is 19.1 Å². The summed E-state index contributed by atoms with van der Waals surface area (Å²) in [6, 6.07) is 19.4. The molecule has 10 unspecified atom stereocenters. The molecule has 2 aliphatic rings. The minimum Gasteiger partial charge on any atom is -0.479 e. The molecule has 0 aromatic heterocycles. The molecule has 18 nitrogen and oxygen atoms in total. The first-order chi connectivity index (χ1) is 34.6. The molecule has 5 rings (SSSR count). The summed E-state index contributed by atoms with van der Waals surface area (Å²) < 4.78 is 40.0. The number of nitrogens with one attached hydrogen (secondary N) is 3. The average molecular weight is 1070 g/mol. The van der Waals surface area contributed by atoms with Gasteiger partial charge in [-0.25, -0.2) is 4.79 Å². The van der Waals surface area contributed by atoms with E-state index in [0.717, 1.165) is 16.8 Å². The number of hydrogen-bond donors (Lipinski definition) is 10. The summed E-state index contributed by atoms with van der Waals surface area (Å²) in [5, 5.41) is 79.6. The Morgan fingerprint density at radius 2 is 0.882 bits per heavy atom. The largest absolute Gasteiger partial charge is 0.479 e. The van der Waals surface area contributed by atoms with Crippen molar-refractivity contribution < 1.29 is 73.7 Å². The van der Waals surface area contributed by atoms with E-state index in [-0.39, 0.29) is 33.4 Å². The minimum atomic E-state index is -1.50. The highest BCUT2D eigenvalue weighted by Crippen LogP contribution is 2.36. The van der Waals surface area contributed by atoms with Gasteiger partial charge >= 0.3 is 5.97 Å². The Balaban J connectivity index is 0.000000312. The van der Waals surface area contributed by atoms with Gasteiger partial charge in [-0.15, -0.1) is 0 Å². The molecule has 76 heavy (non-hydrogen) atoms. The molecule has 2 fully saturated rings. The molecule has 3 aromatic carbocycles. The summed E-state index contributed by atoms with van der Waals surface area (Å²) >= 11 is 0. The summed E-state index contributed by atoms with van der Waals surface area (Å²) in [6.45, 7) is 39.1. The van der Waals surface area contributed by atoms with E-state index in [0.29, 0.717) is 42.7 Å². The zero-order chi connectivity index (χ0) is 57.9. The number of benzene rings is 3. The van der Waals surface area contributed by atoms with Gasteiger partial charge < -0.3 is 84.9 Å². The first-order valence-electron chi connectivity index (χ1n) is 26.1. The fourth-order valence-corrected chi connectivity index (χ4v) is 7.31. The number of anilines is 3. The zero-order valence-corrected chi connectivity index (χ0v) is 48.8. The van der Waals surface area contributed by atoms with Crippen molar-refractivity contribution in [3.63, 3.8) is 0 Å². The number of carboxylic acid groups (broad SMARTS) is 1. The van der Waals surface area contributed by atoms with Gasteiger partial charge in [0.05, 0.1) is 60.7 Å². The number of aliphatic carboxylic acids is 1. The zero-order valence-electron chi connectivity index (χ0n) is 48.8. The van der Waals surface area contributed by atoms with E-state index in [4.69, 9.17) is 33.2 Å². The third kappa shape index (κ3) is 23.3. The molecular weight excluding hydrogens is 979 g/mol. The summed E-state index contributed by atoms with van der Waals surface area (Å²) in [7, 11) is 0. The summed E-state index contributed by atoms with van der Waals surface area (Å²) in [5.74, 6) is -1.23. The lowest BCUT2D eigenvalue weighted by atomic mass is 9.90. The van der Waals surface area contributed by atoms with Gasteiger partial charge in [0.15, 0.2) is 6.10 Å². The molecule has 18 heteroatoms. The van der Waals surface area contributed by atoms with E-state index >= 15 is 0 Å². The van der Waals surface area contributed by atoms with Gasteiger partial charge in [-0.3, -0.25) is 0 Å². The van der Waals surface area contributed by atoms with Gasteiger partial charge in [-0.1, -0.05) is 31.2 Å². The fourth-order valence-electron chi connectivity index (χ4n) is 7.31. The number of aliphatic hydroxyl groups is 6. The van der Waals surface area contributed by atoms with Crippen molar-refractivity contribution in [2.45, 2.75) is 240 Å². The summed E-state index contributed by atoms with van der Waals surface area (Å²) in [6.07, 6.45) is -11.9. The predicted molar refractivity (Wildman–Crippen MR) is 296 cm³/mol. The number of ether oxygens (including phenoxy) is 7. The number of rotatable bonds is 15. The van der Waals surface area contributed by atoms with Gasteiger partial charge in [0.2, 0.25) is 12.6 Å². The van der Waals surface area contributed by atoms with Crippen LogP contribution < -0.4 is 25.4 Å². The Morgan fingerprint density at radius 3 is 1.25 bits per heavy atom. The van der Waals surface area contributed by atoms with E-state index < -0.39 is 73.8 Å². The van der Waals surface area contributed by atoms with E-state index in [1.807, 2.05) is 107 Å². The molecule has 10 N–H and O–H groups in total. The lowest BCUT2D eigenvalue weighted by Crippen LogP contribution is -2.60. The van der Waals surface area contributed by atoms with Gasteiger partial charge in [0, 0.05) is 28.2 Å². The van der Waals surface area contributed by atoms with Crippen LogP contribution >= 0.6 is 0 Å². The Labute approximate surface area is 452 Å². The number of hydrogen-bond acceptors (Lipinski definition) is 17. The number of carboxylic acids is 1. The number of carbonyl (C=O) groups is 1. The van der Waals surface area contributed by atoms with Crippen LogP contribution in [0.15, 0.2) is 60.7 Å². The molecule has 432 valence electrons. The standard InChI is InChI=1S/C22H35NO7.C21H35NO7.C15H25NO/c1-12-16(24)18(19(26)27)30-20(17(12)25)29-15-9-8-13(11-28-22(5,6)7)10-14(15)23-21(2,3)4;1-20(2,3)22-13-9-12(11-27-21(4,5)6)7-8-14(13)28-19-18(26)17(25)16(24)15(10-23)29-19;1-14(2,3)16-13-9-7-12(8-10-13)11-17-15(4,5)6/h8-10,12,16-18,20,23-25H,11H2,1-7H3,(H,26,27);7-9,15-19,22-26H,10-11H2,1-6H3;7-10,16H,11H2,1-6H3. The Hall–Kier alpha value is -4.31. The molecule has 0 spiro atoms. The molecule has 0 radical (unpaired) electrons. The lowest BCUT2D eigenvalue weighted by Gasteiger charge is -2.40. The maximum atomic E-state index is 11.4. The van der Waals surface area contributed by atoms with Crippen LogP contribution in [0.1, 0.15) is 148 Å². The van der Waals surface area contributed by atoms with Crippen LogP contribution in [-0.4, -0.2) is 137 Å². The van der Waals surface area contributed by atoms with Crippen LogP contribution in [0.3, 0.4) is 0 Å². The molecule has 0 saturated carbocycles. The van der Waals surface area contributed by atoms with E-state index in [9.17, 15) is 40.5 Å². The van der Waals surface area contributed by atoms with Crippen molar-refractivity contribution in [2.75, 3.05) is 22.6 Å². The SMILES string of the molecule is CC(C)(C)Nc1cc(COC(C)(C)C)ccc1OC1OC(CO)C(O)C(O)C1O.CC(C)(C)Nc1ccc(COC(C)(C)C)cc1.CC1C(O)C(Oc2ccc(COC(C)(C)C)cc2NC(C)(C)C)OC(C(=O)O)C1O. The molecule has 2 saturated heterocycles. The first-order valence-corrected chi connectivity index (χ1v) is 26.1. The molecule has 2 heterocycles. The van der Waals surface area contributed by atoms with E-state index in [2.05, 4.69) is 81.8 Å². The number of aliphatic hydroxyl groups excluding tert-OH is 6.